The molecule has 2 amide bonds. The minimum Gasteiger partial charge on any atom is -0.357 e. The van der Waals surface area contributed by atoms with E-state index in [4.69, 9.17) is 23.2 Å². The fourth-order valence-corrected chi connectivity index (χ4v) is 4.33. The van der Waals surface area contributed by atoms with Crippen molar-refractivity contribution in [3.05, 3.63) is 69.5 Å². The highest BCUT2D eigenvalue weighted by Crippen LogP contribution is 2.25. The number of nitrogens with one attached hydrogen (secondary N) is 1. The highest BCUT2D eigenvalue weighted by molar-refractivity contribution is 7.99. The molecule has 29 heavy (non-hydrogen) atoms. The maximum atomic E-state index is 13.9. The predicted octanol–water partition coefficient (Wildman–Crippen LogP) is 4.92. The zero-order valence-corrected chi connectivity index (χ0v) is 18.6. The number of carbonyl (C=O) groups excluding carboxylic acids is 2. The summed E-state index contributed by atoms with van der Waals surface area (Å²) in [5.74, 6) is -0.522. The van der Waals surface area contributed by atoms with Crippen LogP contribution in [0.15, 0.2) is 42.5 Å². The van der Waals surface area contributed by atoms with Crippen molar-refractivity contribution >= 4 is 46.8 Å². The van der Waals surface area contributed by atoms with E-state index in [-0.39, 0.29) is 29.9 Å². The third kappa shape index (κ3) is 6.36. The first-order valence-electron chi connectivity index (χ1n) is 9.14. The van der Waals surface area contributed by atoms with Gasteiger partial charge in [0.25, 0.3) is 0 Å². The highest BCUT2D eigenvalue weighted by atomic mass is 35.5. The van der Waals surface area contributed by atoms with E-state index in [1.54, 1.807) is 12.1 Å². The zero-order valence-electron chi connectivity index (χ0n) is 16.3. The van der Waals surface area contributed by atoms with Crippen LogP contribution in [0.25, 0.3) is 0 Å². The molecule has 0 aromatic heterocycles. The Morgan fingerprint density at radius 2 is 1.83 bits per heavy atom. The SMILES string of the molecule is CC[C@H](C(=O)NC)N(Cc1ccccc1Cl)C(=O)CSCc1c(F)cccc1Cl. The molecule has 0 saturated carbocycles. The first-order valence-corrected chi connectivity index (χ1v) is 11.0. The lowest BCUT2D eigenvalue weighted by Crippen LogP contribution is -2.48. The fourth-order valence-electron chi connectivity index (χ4n) is 2.89. The van der Waals surface area contributed by atoms with E-state index in [0.29, 0.717) is 22.0 Å². The Kier molecular flexibility index (Phi) is 9.27. The van der Waals surface area contributed by atoms with Crippen molar-refractivity contribution in [2.75, 3.05) is 12.8 Å². The van der Waals surface area contributed by atoms with Crippen LogP contribution >= 0.6 is 35.0 Å². The van der Waals surface area contributed by atoms with Gasteiger partial charge in [-0.1, -0.05) is 54.4 Å². The number of halogens is 3. The Labute approximate surface area is 184 Å². The summed E-state index contributed by atoms with van der Waals surface area (Å²) in [6, 6.07) is 11.1. The Balaban J connectivity index is 2.15. The second kappa shape index (κ2) is 11.4. The number of amides is 2. The fraction of sp³-hybridized carbons (Fsp3) is 0.333. The quantitative estimate of drug-likeness (QED) is 0.582. The van der Waals surface area contributed by atoms with Crippen molar-refractivity contribution in [2.24, 2.45) is 0 Å². The van der Waals surface area contributed by atoms with Crippen LogP contribution in [0, 0.1) is 5.82 Å². The summed E-state index contributed by atoms with van der Waals surface area (Å²) in [6.45, 7) is 2.06. The molecule has 2 aromatic rings. The summed E-state index contributed by atoms with van der Waals surface area (Å²) in [5.41, 5.74) is 1.12. The van der Waals surface area contributed by atoms with Gasteiger partial charge in [-0.15, -0.1) is 11.8 Å². The maximum Gasteiger partial charge on any atom is 0.242 e. The van der Waals surface area contributed by atoms with Crippen molar-refractivity contribution in [3.63, 3.8) is 0 Å². The molecule has 0 heterocycles. The van der Waals surface area contributed by atoms with Gasteiger partial charge in [0.05, 0.1) is 5.75 Å². The van der Waals surface area contributed by atoms with Crippen molar-refractivity contribution < 1.29 is 14.0 Å². The molecule has 8 heteroatoms. The molecule has 0 aliphatic heterocycles. The summed E-state index contributed by atoms with van der Waals surface area (Å²) >= 11 is 13.6. The van der Waals surface area contributed by atoms with Crippen LogP contribution in [0.1, 0.15) is 24.5 Å². The molecule has 1 atom stereocenters. The van der Waals surface area contributed by atoms with Crippen molar-refractivity contribution in [1.29, 1.82) is 0 Å². The predicted molar refractivity (Wildman–Crippen MR) is 118 cm³/mol. The molecule has 1 N–H and O–H groups in total. The molecule has 0 aliphatic carbocycles. The summed E-state index contributed by atoms with van der Waals surface area (Å²) < 4.78 is 13.9. The van der Waals surface area contributed by atoms with E-state index in [2.05, 4.69) is 5.32 Å². The molecular weight excluding hydrogens is 434 g/mol. The topological polar surface area (TPSA) is 49.4 Å². The van der Waals surface area contributed by atoms with Gasteiger partial charge >= 0.3 is 0 Å². The van der Waals surface area contributed by atoms with Crippen molar-refractivity contribution in [3.8, 4) is 0 Å². The van der Waals surface area contributed by atoms with Gasteiger partial charge in [0.2, 0.25) is 11.8 Å². The molecule has 2 rings (SSSR count). The Hall–Kier alpha value is -1.76. The van der Waals surface area contributed by atoms with Crippen LogP contribution in [0.3, 0.4) is 0 Å². The number of thioether (sulfide) groups is 1. The molecule has 0 radical (unpaired) electrons. The van der Waals surface area contributed by atoms with E-state index >= 15 is 0 Å². The van der Waals surface area contributed by atoms with Gasteiger partial charge in [-0.2, -0.15) is 0 Å². The lowest BCUT2D eigenvalue weighted by atomic mass is 10.1. The molecule has 0 fully saturated rings. The number of benzene rings is 2. The normalized spacial score (nSPS) is 11.8. The average Bonchev–Trinajstić information content (AvgIpc) is 2.71. The molecule has 156 valence electrons. The van der Waals surface area contributed by atoms with Crippen LogP contribution in [0.4, 0.5) is 4.39 Å². The number of hydrogen-bond donors (Lipinski definition) is 1. The van der Waals surface area contributed by atoms with Crippen LogP contribution in [-0.4, -0.2) is 35.6 Å². The Morgan fingerprint density at radius 3 is 2.45 bits per heavy atom. The molecular formula is C21H23Cl2FN2O2S. The van der Waals surface area contributed by atoms with E-state index in [1.165, 1.54) is 35.8 Å². The Morgan fingerprint density at radius 1 is 1.14 bits per heavy atom. The highest BCUT2D eigenvalue weighted by Gasteiger charge is 2.28. The van der Waals surface area contributed by atoms with Crippen molar-refractivity contribution in [2.45, 2.75) is 31.7 Å². The first kappa shape index (κ1) is 23.5. The number of carbonyl (C=O) groups is 2. The summed E-state index contributed by atoms with van der Waals surface area (Å²) in [7, 11) is 1.54. The van der Waals surface area contributed by atoms with E-state index < -0.39 is 11.9 Å². The number of likely N-dealkylation sites (N-methyl/N-ethyl adjacent to an activating group) is 1. The van der Waals surface area contributed by atoms with Crippen LogP contribution in [0.2, 0.25) is 10.0 Å². The number of rotatable bonds is 9. The second-order valence-electron chi connectivity index (χ2n) is 6.34. The summed E-state index contributed by atoms with van der Waals surface area (Å²) in [4.78, 5) is 26.9. The molecule has 4 nitrogen and oxygen atoms in total. The van der Waals surface area contributed by atoms with Crippen LogP contribution in [-0.2, 0) is 21.9 Å². The third-order valence-corrected chi connectivity index (χ3v) is 6.13. The second-order valence-corrected chi connectivity index (χ2v) is 8.14. The smallest absolute Gasteiger partial charge is 0.242 e. The Bertz CT molecular complexity index is 846. The minimum atomic E-state index is -0.624. The molecule has 2 aromatic carbocycles. The van der Waals surface area contributed by atoms with Gasteiger partial charge < -0.3 is 10.2 Å². The van der Waals surface area contributed by atoms with E-state index in [0.717, 1.165) is 5.56 Å². The maximum absolute atomic E-state index is 13.9. The summed E-state index contributed by atoms with van der Waals surface area (Å²) in [6.07, 6.45) is 0.458. The zero-order chi connectivity index (χ0) is 21.4. The summed E-state index contributed by atoms with van der Waals surface area (Å²) in [5, 5.41) is 3.47. The van der Waals surface area contributed by atoms with Gasteiger partial charge in [-0.25, -0.2) is 4.39 Å². The van der Waals surface area contributed by atoms with E-state index in [1.807, 2.05) is 25.1 Å². The molecule has 0 unspecified atom stereocenters. The number of hydrogen-bond acceptors (Lipinski definition) is 3. The largest absolute Gasteiger partial charge is 0.357 e. The lowest BCUT2D eigenvalue weighted by molar-refractivity contribution is -0.139. The first-order chi connectivity index (χ1) is 13.9. The van der Waals surface area contributed by atoms with Gasteiger partial charge in [0.1, 0.15) is 11.9 Å². The van der Waals surface area contributed by atoms with Gasteiger partial charge in [0, 0.05) is 35.0 Å². The molecule has 0 saturated heterocycles. The van der Waals surface area contributed by atoms with Gasteiger partial charge in [-0.3, -0.25) is 9.59 Å². The molecule has 0 aliphatic rings. The van der Waals surface area contributed by atoms with Crippen molar-refractivity contribution in [1.82, 2.24) is 10.2 Å². The van der Waals surface area contributed by atoms with Gasteiger partial charge in [0.15, 0.2) is 0 Å². The number of nitrogens with zero attached hydrogens (tertiary/aromatic N) is 1. The lowest BCUT2D eigenvalue weighted by Gasteiger charge is -2.30. The molecule has 0 spiro atoms. The van der Waals surface area contributed by atoms with Crippen LogP contribution in [0.5, 0.6) is 0 Å². The third-order valence-electron chi connectivity index (χ3n) is 4.46. The van der Waals surface area contributed by atoms with Crippen LogP contribution < -0.4 is 5.32 Å². The molecule has 0 bridgehead atoms. The minimum absolute atomic E-state index is 0.0859. The van der Waals surface area contributed by atoms with Gasteiger partial charge in [-0.05, 0) is 30.2 Å². The van der Waals surface area contributed by atoms with E-state index in [9.17, 15) is 14.0 Å². The standard InChI is InChI=1S/C21H23Cl2FN2O2S/c1-3-19(21(28)25-2)26(11-14-7-4-5-8-16(14)22)20(27)13-29-12-15-17(23)9-6-10-18(15)24/h4-10,19H,3,11-13H2,1-2H3,(H,25,28)/t19-/m1/s1. The monoisotopic (exact) mass is 456 g/mol. The average molecular weight is 457 g/mol.